The van der Waals surface area contributed by atoms with Gasteiger partial charge in [-0.05, 0) is 31.2 Å². The number of nitrogen functional groups attached to an aromatic ring is 2. The molecule has 0 saturated carbocycles. The summed E-state index contributed by atoms with van der Waals surface area (Å²) in [5.74, 6) is 0.951. The Morgan fingerprint density at radius 2 is 1.88 bits per heavy atom. The molecule has 6 heteroatoms. The molecule has 0 fully saturated rings. The minimum Gasteiger partial charge on any atom is -0.399 e. The van der Waals surface area contributed by atoms with Crippen molar-refractivity contribution in [3.05, 3.63) is 55.0 Å². The molecule has 3 aromatic rings. The average molecular weight is 348 g/mol. The molecule has 0 unspecified atom stereocenters. The van der Waals surface area contributed by atoms with Gasteiger partial charge in [0.05, 0.1) is 17.1 Å². The molecule has 4 N–H and O–H groups in total. The van der Waals surface area contributed by atoms with Gasteiger partial charge in [0, 0.05) is 23.6 Å². The lowest BCUT2D eigenvalue weighted by molar-refractivity contribution is 1.09. The molecular formula is C20H24N6. The van der Waals surface area contributed by atoms with Gasteiger partial charge in [0.15, 0.2) is 0 Å². The van der Waals surface area contributed by atoms with E-state index >= 15 is 0 Å². The number of benzene rings is 1. The van der Waals surface area contributed by atoms with Gasteiger partial charge in [0.1, 0.15) is 5.82 Å². The van der Waals surface area contributed by atoms with E-state index in [-0.39, 0.29) is 5.95 Å². The fourth-order valence-electron chi connectivity index (χ4n) is 2.54. The van der Waals surface area contributed by atoms with Gasteiger partial charge in [-0.15, -0.1) is 0 Å². The molecule has 2 heterocycles. The first kappa shape index (κ1) is 18.9. The number of imidazole rings is 1. The van der Waals surface area contributed by atoms with E-state index in [1.807, 2.05) is 61.8 Å². The van der Waals surface area contributed by atoms with Gasteiger partial charge < -0.3 is 11.5 Å². The van der Waals surface area contributed by atoms with E-state index in [1.54, 1.807) is 18.5 Å². The lowest BCUT2D eigenvalue weighted by Gasteiger charge is -2.07. The van der Waals surface area contributed by atoms with Gasteiger partial charge in [-0.3, -0.25) is 4.57 Å². The molecule has 0 atom stereocenters. The first-order valence-electron chi connectivity index (χ1n) is 8.46. The average Bonchev–Trinajstić information content (AvgIpc) is 3.02. The lowest BCUT2D eigenvalue weighted by atomic mass is 10.1. The summed E-state index contributed by atoms with van der Waals surface area (Å²) in [6, 6.07) is 9.36. The second-order valence-corrected chi connectivity index (χ2v) is 5.15. The molecule has 2 aromatic heterocycles. The smallest absolute Gasteiger partial charge is 0.220 e. The zero-order valence-corrected chi connectivity index (χ0v) is 15.3. The van der Waals surface area contributed by atoms with Crippen molar-refractivity contribution < 1.29 is 0 Å². The van der Waals surface area contributed by atoms with Crippen molar-refractivity contribution in [1.82, 2.24) is 19.5 Å². The third-order valence-electron chi connectivity index (χ3n) is 3.51. The number of nitrogens with zero attached hydrogens (tertiary/aromatic N) is 4. The summed E-state index contributed by atoms with van der Waals surface area (Å²) in [7, 11) is 0. The van der Waals surface area contributed by atoms with E-state index in [0.29, 0.717) is 11.4 Å². The standard InChI is InChI=1S/C18H18N6.C2H6/c1-3-6-15-23-16(12-7-5-8-13(19)11-12)17(24(15)4-2)14-9-10-21-18(20)22-14;1-2/h3-11H,2,19H2,1H3,(H2,20,21,22);1-2H3/b6-3-;. The number of hydrogen-bond acceptors (Lipinski definition) is 5. The maximum atomic E-state index is 5.93. The van der Waals surface area contributed by atoms with Gasteiger partial charge in [-0.25, -0.2) is 15.0 Å². The first-order valence-corrected chi connectivity index (χ1v) is 8.46. The van der Waals surface area contributed by atoms with Gasteiger partial charge in [0.25, 0.3) is 0 Å². The Labute approximate surface area is 153 Å². The number of aromatic nitrogens is 4. The molecule has 1 aromatic carbocycles. The Bertz CT molecular complexity index is 924. The zero-order valence-electron chi connectivity index (χ0n) is 15.3. The van der Waals surface area contributed by atoms with Crippen LogP contribution in [0.4, 0.5) is 11.6 Å². The highest BCUT2D eigenvalue weighted by Crippen LogP contribution is 2.33. The molecular weight excluding hydrogens is 324 g/mol. The molecule has 0 spiro atoms. The summed E-state index contributed by atoms with van der Waals surface area (Å²) in [4.78, 5) is 13.0. The van der Waals surface area contributed by atoms with Crippen LogP contribution in [0.3, 0.4) is 0 Å². The van der Waals surface area contributed by atoms with E-state index in [4.69, 9.17) is 16.5 Å². The third kappa shape index (κ3) is 3.80. The summed E-state index contributed by atoms with van der Waals surface area (Å²) in [6.45, 7) is 9.83. The second kappa shape index (κ2) is 8.62. The number of hydrogen-bond donors (Lipinski definition) is 2. The molecule has 26 heavy (non-hydrogen) atoms. The van der Waals surface area contributed by atoms with E-state index < -0.39 is 0 Å². The Hall–Kier alpha value is -3.41. The van der Waals surface area contributed by atoms with Crippen LogP contribution < -0.4 is 11.5 Å². The van der Waals surface area contributed by atoms with Gasteiger partial charge in [-0.1, -0.05) is 38.6 Å². The van der Waals surface area contributed by atoms with Crippen LogP contribution in [-0.2, 0) is 0 Å². The molecule has 3 rings (SSSR count). The third-order valence-corrected chi connectivity index (χ3v) is 3.51. The highest BCUT2D eigenvalue weighted by molar-refractivity contribution is 5.81. The number of anilines is 2. The van der Waals surface area contributed by atoms with Crippen molar-refractivity contribution in [2.75, 3.05) is 11.5 Å². The maximum absolute atomic E-state index is 5.93. The Morgan fingerprint density at radius 1 is 1.12 bits per heavy atom. The molecule has 0 aliphatic heterocycles. The minimum absolute atomic E-state index is 0.204. The minimum atomic E-state index is 0.204. The number of nitrogens with two attached hydrogens (primary N) is 2. The molecule has 0 aliphatic carbocycles. The van der Waals surface area contributed by atoms with Crippen molar-refractivity contribution in [2.24, 2.45) is 0 Å². The summed E-state index contributed by atoms with van der Waals surface area (Å²) in [6.07, 6.45) is 7.15. The van der Waals surface area contributed by atoms with Crippen LogP contribution in [0.2, 0.25) is 0 Å². The number of allylic oxidation sites excluding steroid dienone is 1. The zero-order chi connectivity index (χ0) is 19.1. The molecule has 0 aliphatic rings. The van der Waals surface area contributed by atoms with Crippen molar-refractivity contribution in [1.29, 1.82) is 0 Å². The van der Waals surface area contributed by atoms with E-state index in [2.05, 4.69) is 16.5 Å². The largest absolute Gasteiger partial charge is 0.399 e. The molecule has 134 valence electrons. The first-order chi connectivity index (χ1) is 12.6. The Balaban J connectivity index is 0.00000117. The Kier molecular flexibility index (Phi) is 6.27. The maximum Gasteiger partial charge on any atom is 0.220 e. The molecule has 0 amide bonds. The van der Waals surface area contributed by atoms with Crippen molar-refractivity contribution in [3.8, 4) is 22.6 Å². The fourth-order valence-corrected chi connectivity index (χ4v) is 2.54. The monoisotopic (exact) mass is 348 g/mol. The Morgan fingerprint density at radius 3 is 2.50 bits per heavy atom. The summed E-state index contributed by atoms with van der Waals surface area (Å²) in [5.41, 5.74) is 15.5. The summed E-state index contributed by atoms with van der Waals surface area (Å²) < 4.78 is 1.88. The van der Waals surface area contributed by atoms with Crippen LogP contribution in [0.15, 0.2) is 49.2 Å². The van der Waals surface area contributed by atoms with Crippen molar-refractivity contribution in [2.45, 2.75) is 20.8 Å². The second-order valence-electron chi connectivity index (χ2n) is 5.15. The van der Waals surface area contributed by atoms with Crippen LogP contribution in [0, 0.1) is 0 Å². The van der Waals surface area contributed by atoms with Crippen LogP contribution in [0.5, 0.6) is 0 Å². The van der Waals surface area contributed by atoms with E-state index in [0.717, 1.165) is 22.8 Å². The predicted octanol–water partition coefficient (Wildman–Crippen LogP) is 4.33. The van der Waals surface area contributed by atoms with Crippen LogP contribution >= 0.6 is 0 Å². The van der Waals surface area contributed by atoms with Gasteiger partial charge >= 0.3 is 0 Å². The summed E-state index contributed by atoms with van der Waals surface area (Å²) in [5, 5.41) is 0. The lowest BCUT2D eigenvalue weighted by Crippen LogP contribution is -1.99. The van der Waals surface area contributed by atoms with E-state index in [1.165, 1.54) is 0 Å². The molecule has 0 bridgehead atoms. The quantitative estimate of drug-likeness (QED) is 0.684. The van der Waals surface area contributed by atoms with Gasteiger partial charge in [0.2, 0.25) is 5.95 Å². The van der Waals surface area contributed by atoms with Crippen LogP contribution in [0.25, 0.3) is 34.9 Å². The van der Waals surface area contributed by atoms with Crippen molar-refractivity contribution in [3.63, 3.8) is 0 Å². The summed E-state index contributed by atoms with van der Waals surface area (Å²) >= 11 is 0. The van der Waals surface area contributed by atoms with E-state index in [9.17, 15) is 0 Å². The fraction of sp³-hybridized carbons (Fsp3) is 0.150. The van der Waals surface area contributed by atoms with Gasteiger partial charge in [-0.2, -0.15) is 0 Å². The molecule has 6 nitrogen and oxygen atoms in total. The predicted molar refractivity (Wildman–Crippen MR) is 110 cm³/mol. The molecule has 0 radical (unpaired) electrons. The normalized spacial score (nSPS) is 10.4. The SMILES string of the molecule is C=Cn1c(/C=C\C)nc(-c2cccc(N)c2)c1-c1ccnc(N)n1.CC. The number of rotatable bonds is 4. The van der Waals surface area contributed by atoms with Crippen LogP contribution in [-0.4, -0.2) is 19.5 Å². The highest BCUT2D eigenvalue weighted by atomic mass is 15.1. The highest BCUT2D eigenvalue weighted by Gasteiger charge is 2.19. The van der Waals surface area contributed by atoms with Crippen LogP contribution in [0.1, 0.15) is 26.6 Å². The molecule has 0 saturated heterocycles. The topological polar surface area (TPSA) is 95.6 Å². The van der Waals surface area contributed by atoms with Crippen molar-refractivity contribution >= 4 is 23.9 Å².